The number of amides is 1. The van der Waals surface area contributed by atoms with Gasteiger partial charge in [0.05, 0.1) is 24.9 Å². The van der Waals surface area contributed by atoms with E-state index in [4.69, 9.17) is 18.7 Å². The fourth-order valence-electron chi connectivity index (χ4n) is 1.77. The van der Waals surface area contributed by atoms with Crippen LogP contribution in [0.25, 0.3) is 6.08 Å². The summed E-state index contributed by atoms with van der Waals surface area (Å²) in [6, 6.07) is 3.64. The molecule has 1 aliphatic heterocycles. The molecule has 0 atom stereocenters. The highest BCUT2D eigenvalue weighted by atomic mass is 32.2. The molecule has 0 radical (unpaired) electrons. The topological polar surface area (TPSA) is 84.2 Å². The quantitative estimate of drug-likeness (QED) is 0.330. The third-order valence-corrected chi connectivity index (χ3v) is 3.41. The van der Waals surface area contributed by atoms with Gasteiger partial charge in [0.1, 0.15) is 5.76 Å². The fourth-order valence-corrected chi connectivity index (χ4v) is 2.31. The van der Waals surface area contributed by atoms with Crippen LogP contribution < -0.4 is 5.48 Å². The summed E-state index contributed by atoms with van der Waals surface area (Å²) in [5.74, 6) is 0.371. The summed E-state index contributed by atoms with van der Waals surface area (Å²) in [6.07, 6.45) is 7.24. The second kappa shape index (κ2) is 8.73. The van der Waals surface area contributed by atoms with Crippen LogP contribution in [-0.2, 0) is 13.9 Å². The number of hydroxylamine groups is 3. The van der Waals surface area contributed by atoms with Gasteiger partial charge in [-0.15, -0.1) is 0 Å². The Balaban J connectivity index is 1.55. The van der Waals surface area contributed by atoms with Crippen LogP contribution in [0.1, 0.15) is 37.9 Å². The summed E-state index contributed by atoms with van der Waals surface area (Å²) in [4.78, 5) is 16.3. The SMILES string of the molecule is O=C(CCCCCCN1OSC(=Cc2ccco2)O1)NO. The van der Waals surface area contributed by atoms with Crippen LogP contribution in [0.15, 0.2) is 27.9 Å². The van der Waals surface area contributed by atoms with E-state index in [0.717, 1.165) is 37.7 Å². The Morgan fingerprint density at radius 2 is 2.24 bits per heavy atom. The van der Waals surface area contributed by atoms with Gasteiger partial charge < -0.3 is 9.25 Å². The van der Waals surface area contributed by atoms with Crippen LogP contribution in [0, 0.1) is 0 Å². The van der Waals surface area contributed by atoms with Gasteiger partial charge in [0, 0.05) is 12.5 Å². The Morgan fingerprint density at radius 3 is 3.00 bits per heavy atom. The highest BCUT2D eigenvalue weighted by molar-refractivity contribution is 7.98. The van der Waals surface area contributed by atoms with E-state index in [2.05, 4.69) is 0 Å². The van der Waals surface area contributed by atoms with E-state index in [1.807, 2.05) is 12.1 Å². The zero-order valence-electron chi connectivity index (χ0n) is 11.5. The van der Waals surface area contributed by atoms with Crippen LogP contribution in [0.5, 0.6) is 0 Å². The number of nitrogens with one attached hydrogen (secondary N) is 1. The molecule has 0 saturated carbocycles. The van der Waals surface area contributed by atoms with Gasteiger partial charge in [-0.3, -0.25) is 10.0 Å². The number of hydrogen-bond donors (Lipinski definition) is 2. The van der Waals surface area contributed by atoms with Crippen molar-refractivity contribution < 1.29 is 23.5 Å². The molecule has 1 aliphatic rings. The summed E-state index contributed by atoms with van der Waals surface area (Å²) in [7, 11) is 0. The number of nitrogens with zero attached hydrogens (tertiary/aromatic N) is 1. The molecule has 1 fully saturated rings. The molecule has 1 saturated heterocycles. The van der Waals surface area contributed by atoms with Gasteiger partial charge in [-0.05, 0) is 30.2 Å². The van der Waals surface area contributed by atoms with Gasteiger partial charge in [0.15, 0.2) is 0 Å². The highest BCUT2D eigenvalue weighted by Crippen LogP contribution is 2.31. The zero-order valence-corrected chi connectivity index (χ0v) is 12.3. The van der Waals surface area contributed by atoms with Crippen LogP contribution in [0.3, 0.4) is 0 Å². The van der Waals surface area contributed by atoms with E-state index in [0.29, 0.717) is 23.8 Å². The predicted molar refractivity (Wildman–Crippen MR) is 76.2 cm³/mol. The molecule has 7 nitrogen and oxygen atoms in total. The first kappa shape index (κ1) is 15.9. The predicted octanol–water partition coefficient (Wildman–Crippen LogP) is 2.86. The van der Waals surface area contributed by atoms with Crippen LogP contribution in [-0.4, -0.2) is 22.9 Å². The summed E-state index contributed by atoms with van der Waals surface area (Å²) < 4.78 is 10.5. The second-order valence-electron chi connectivity index (χ2n) is 4.48. The molecular formula is C13H18N2O5S. The van der Waals surface area contributed by atoms with E-state index in [-0.39, 0.29) is 5.91 Å². The Bertz CT molecular complexity index is 463. The van der Waals surface area contributed by atoms with E-state index in [1.54, 1.807) is 17.8 Å². The molecule has 1 aromatic heterocycles. The van der Waals surface area contributed by atoms with Crippen molar-refractivity contribution in [3.8, 4) is 0 Å². The number of carbonyl (C=O) groups is 1. The second-order valence-corrected chi connectivity index (χ2v) is 5.20. The maximum absolute atomic E-state index is 10.8. The maximum atomic E-state index is 10.8. The van der Waals surface area contributed by atoms with Crippen molar-refractivity contribution in [1.29, 1.82) is 0 Å². The minimum atomic E-state index is -0.342. The lowest BCUT2D eigenvalue weighted by Gasteiger charge is -2.09. The average molecular weight is 314 g/mol. The fraction of sp³-hybridized carbons (Fsp3) is 0.462. The van der Waals surface area contributed by atoms with Gasteiger partial charge in [-0.2, -0.15) is 4.28 Å². The van der Waals surface area contributed by atoms with Gasteiger partial charge in [0.25, 0.3) is 0 Å². The minimum Gasteiger partial charge on any atom is -0.465 e. The van der Waals surface area contributed by atoms with Crippen LogP contribution >= 0.6 is 12.0 Å². The van der Waals surface area contributed by atoms with E-state index >= 15 is 0 Å². The Labute approximate surface area is 127 Å². The lowest BCUT2D eigenvalue weighted by atomic mass is 10.1. The molecule has 116 valence electrons. The molecule has 8 heteroatoms. The standard InChI is InChI=1S/C13H18N2O5S/c16-12(14-17)7-3-1-2-4-8-15-19-13(21-20-15)10-11-6-5-9-18-11/h5-6,9-10,17H,1-4,7-8H2,(H,14,16). The van der Waals surface area contributed by atoms with Gasteiger partial charge in [0.2, 0.25) is 11.0 Å². The maximum Gasteiger partial charge on any atom is 0.243 e. The van der Waals surface area contributed by atoms with Gasteiger partial charge in [-0.25, -0.2) is 5.48 Å². The van der Waals surface area contributed by atoms with Crippen LogP contribution in [0.2, 0.25) is 0 Å². The first-order valence-electron chi connectivity index (χ1n) is 6.76. The molecular weight excluding hydrogens is 296 g/mol. The summed E-state index contributed by atoms with van der Waals surface area (Å²) in [5, 5.41) is 10.4. The number of unbranched alkanes of at least 4 members (excludes halogenated alkanes) is 3. The van der Waals surface area contributed by atoms with Crippen molar-refractivity contribution in [2.45, 2.75) is 32.1 Å². The molecule has 0 unspecified atom stereocenters. The Hall–Kier alpha value is -1.48. The van der Waals surface area contributed by atoms with Crippen LogP contribution in [0.4, 0.5) is 0 Å². The average Bonchev–Trinajstić information content (AvgIpc) is 3.15. The van der Waals surface area contributed by atoms with Crippen molar-refractivity contribution in [3.63, 3.8) is 0 Å². The molecule has 0 aromatic carbocycles. The third kappa shape index (κ3) is 5.80. The first-order valence-corrected chi connectivity index (χ1v) is 7.50. The van der Waals surface area contributed by atoms with Crippen molar-refractivity contribution in [2.75, 3.05) is 6.54 Å². The number of carbonyl (C=O) groups excluding carboxylic acids is 1. The van der Waals surface area contributed by atoms with Crippen molar-refractivity contribution >= 4 is 24.0 Å². The van der Waals surface area contributed by atoms with Gasteiger partial charge in [-0.1, -0.05) is 12.8 Å². The molecule has 1 amide bonds. The smallest absolute Gasteiger partial charge is 0.243 e. The lowest BCUT2D eigenvalue weighted by Crippen LogP contribution is -2.18. The molecule has 21 heavy (non-hydrogen) atoms. The van der Waals surface area contributed by atoms with E-state index < -0.39 is 0 Å². The number of hydrogen-bond acceptors (Lipinski definition) is 7. The Morgan fingerprint density at radius 1 is 1.38 bits per heavy atom. The summed E-state index contributed by atoms with van der Waals surface area (Å²) in [5.41, 5.74) is 1.62. The molecule has 2 N–H and O–H groups in total. The molecule has 1 aromatic rings. The summed E-state index contributed by atoms with van der Waals surface area (Å²) in [6.45, 7) is 0.648. The normalized spacial score (nSPS) is 17.1. The number of rotatable bonds is 8. The molecule has 0 aliphatic carbocycles. The molecule has 0 bridgehead atoms. The van der Waals surface area contributed by atoms with Gasteiger partial charge >= 0.3 is 0 Å². The summed E-state index contributed by atoms with van der Waals surface area (Å²) >= 11 is 1.15. The van der Waals surface area contributed by atoms with E-state index in [1.165, 1.54) is 5.23 Å². The largest absolute Gasteiger partial charge is 0.465 e. The zero-order chi connectivity index (χ0) is 14.9. The minimum absolute atomic E-state index is 0.342. The molecule has 2 rings (SSSR count). The van der Waals surface area contributed by atoms with Crippen molar-refractivity contribution in [2.24, 2.45) is 0 Å². The lowest BCUT2D eigenvalue weighted by molar-refractivity contribution is -0.259. The van der Waals surface area contributed by atoms with Crippen molar-refractivity contribution in [1.82, 2.24) is 10.7 Å². The monoisotopic (exact) mass is 314 g/mol. The highest BCUT2D eigenvalue weighted by Gasteiger charge is 2.21. The molecule has 0 spiro atoms. The number of furan rings is 1. The first-order chi connectivity index (χ1) is 10.3. The molecule has 2 heterocycles. The Kier molecular flexibility index (Phi) is 6.61. The van der Waals surface area contributed by atoms with Crippen molar-refractivity contribution in [3.05, 3.63) is 29.2 Å². The van der Waals surface area contributed by atoms with E-state index in [9.17, 15) is 4.79 Å². The third-order valence-electron chi connectivity index (χ3n) is 2.82.